The van der Waals surface area contributed by atoms with E-state index in [0.29, 0.717) is 13.2 Å². The predicted octanol–water partition coefficient (Wildman–Crippen LogP) is 1.85. The zero-order chi connectivity index (χ0) is 16.0. The smallest absolute Gasteiger partial charge is 0.214 e. The number of anilines is 1. The predicted molar refractivity (Wildman–Crippen MR) is 90.4 cm³/mol. The van der Waals surface area contributed by atoms with E-state index in [1.165, 1.54) is 0 Å². The maximum absolute atomic E-state index is 5.99. The molecule has 2 aliphatic heterocycles. The first-order chi connectivity index (χ1) is 11.8. The molecule has 0 aliphatic carbocycles. The summed E-state index contributed by atoms with van der Waals surface area (Å²) in [7, 11) is 0. The summed E-state index contributed by atoms with van der Waals surface area (Å²) in [5.41, 5.74) is 1.74. The lowest BCUT2D eigenvalue weighted by atomic mass is 10.0. The van der Waals surface area contributed by atoms with Crippen LogP contribution in [0.1, 0.15) is 6.42 Å². The number of nitrogens with zero attached hydrogens (tertiary/aromatic N) is 5. The van der Waals surface area contributed by atoms with Crippen molar-refractivity contribution in [3.05, 3.63) is 30.7 Å². The van der Waals surface area contributed by atoms with Gasteiger partial charge in [0.25, 0.3) is 0 Å². The number of imidazole rings is 1. The van der Waals surface area contributed by atoms with Gasteiger partial charge in [0.2, 0.25) is 10.1 Å². The van der Waals surface area contributed by atoms with E-state index in [1.807, 2.05) is 29.0 Å². The second-order valence-corrected chi connectivity index (χ2v) is 7.17. The van der Waals surface area contributed by atoms with Crippen LogP contribution in [0, 0.1) is 0 Å². The van der Waals surface area contributed by atoms with Crippen LogP contribution in [0.2, 0.25) is 0 Å². The van der Waals surface area contributed by atoms with Gasteiger partial charge in [-0.05, 0) is 12.1 Å². The highest BCUT2D eigenvalue weighted by Crippen LogP contribution is 2.32. The van der Waals surface area contributed by atoms with Crippen LogP contribution in [0.25, 0.3) is 16.2 Å². The molecule has 2 saturated heterocycles. The first kappa shape index (κ1) is 14.3. The summed E-state index contributed by atoms with van der Waals surface area (Å²) in [4.78, 5) is 12.0. The molecule has 0 N–H and O–H groups in total. The highest BCUT2D eigenvalue weighted by Gasteiger charge is 2.41. The number of fused-ring (bicyclic) bond motifs is 1. The average Bonchev–Trinajstić information content (AvgIpc) is 3.31. The van der Waals surface area contributed by atoms with Crippen molar-refractivity contribution in [2.45, 2.75) is 12.0 Å². The zero-order valence-corrected chi connectivity index (χ0v) is 13.9. The molecule has 3 aromatic rings. The molecule has 0 amide bonds. The van der Waals surface area contributed by atoms with Crippen molar-refractivity contribution in [3.63, 3.8) is 0 Å². The van der Waals surface area contributed by atoms with Gasteiger partial charge in [-0.15, -0.1) is 5.10 Å². The van der Waals surface area contributed by atoms with Gasteiger partial charge in [0.15, 0.2) is 0 Å². The van der Waals surface area contributed by atoms with Crippen LogP contribution in [-0.4, -0.2) is 58.1 Å². The molecule has 1 unspecified atom stereocenters. The van der Waals surface area contributed by atoms with E-state index >= 15 is 0 Å². The second kappa shape index (κ2) is 5.51. The number of pyridine rings is 1. The lowest BCUT2D eigenvalue weighted by Gasteiger charge is -2.39. The minimum absolute atomic E-state index is 0.160. The van der Waals surface area contributed by atoms with E-state index < -0.39 is 0 Å². The minimum Gasteiger partial charge on any atom is -0.378 e. The quantitative estimate of drug-likeness (QED) is 0.707. The Morgan fingerprint density at radius 1 is 1.29 bits per heavy atom. The van der Waals surface area contributed by atoms with Crippen LogP contribution in [0.15, 0.2) is 30.7 Å². The molecule has 3 aromatic heterocycles. The van der Waals surface area contributed by atoms with Gasteiger partial charge in [0.1, 0.15) is 5.60 Å². The Bertz CT molecular complexity index is 824. The van der Waals surface area contributed by atoms with E-state index in [0.717, 1.165) is 47.5 Å². The van der Waals surface area contributed by atoms with Crippen molar-refractivity contribution in [2.75, 3.05) is 37.8 Å². The molecule has 2 aliphatic rings. The van der Waals surface area contributed by atoms with Crippen molar-refractivity contribution in [1.82, 2.24) is 19.6 Å². The standard InChI is InChI=1S/C16H17N5O2S/c1-2-12(8-17-4-1)13-9-21-14(18-13)24-15(19-21)20-5-7-23-16(10-20)3-6-22-11-16/h1-2,4,8-9H,3,5-7,10-11H2. The Balaban J connectivity index is 1.43. The van der Waals surface area contributed by atoms with Crippen LogP contribution in [0.3, 0.4) is 0 Å². The number of ether oxygens (including phenoxy) is 2. The Hall–Kier alpha value is -2.03. The van der Waals surface area contributed by atoms with E-state index in [4.69, 9.17) is 14.6 Å². The summed E-state index contributed by atoms with van der Waals surface area (Å²) in [6.07, 6.45) is 6.50. The molecule has 0 radical (unpaired) electrons. The lowest BCUT2D eigenvalue weighted by Crippen LogP contribution is -2.52. The number of morpholine rings is 1. The number of hydrogen-bond donors (Lipinski definition) is 0. The van der Waals surface area contributed by atoms with Crippen molar-refractivity contribution >= 4 is 21.4 Å². The van der Waals surface area contributed by atoms with Gasteiger partial charge in [-0.1, -0.05) is 11.3 Å². The van der Waals surface area contributed by atoms with Gasteiger partial charge in [-0.2, -0.15) is 0 Å². The molecule has 8 heteroatoms. The highest BCUT2D eigenvalue weighted by molar-refractivity contribution is 7.20. The van der Waals surface area contributed by atoms with Crippen LogP contribution in [0.5, 0.6) is 0 Å². The molecule has 5 rings (SSSR count). The molecule has 124 valence electrons. The fourth-order valence-corrected chi connectivity index (χ4v) is 4.21. The summed E-state index contributed by atoms with van der Waals surface area (Å²) < 4.78 is 13.4. The molecule has 1 atom stereocenters. The maximum Gasteiger partial charge on any atom is 0.214 e. The van der Waals surface area contributed by atoms with Crippen molar-refractivity contribution < 1.29 is 9.47 Å². The second-order valence-electron chi connectivity index (χ2n) is 6.24. The normalized spacial score (nSPS) is 24.2. The van der Waals surface area contributed by atoms with Gasteiger partial charge < -0.3 is 14.4 Å². The van der Waals surface area contributed by atoms with E-state index in [-0.39, 0.29) is 5.60 Å². The van der Waals surface area contributed by atoms with Gasteiger partial charge in [0.05, 0.1) is 31.6 Å². The summed E-state index contributed by atoms with van der Waals surface area (Å²) in [5, 5.41) is 5.71. The monoisotopic (exact) mass is 343 g/mol. The number of hydrogen-bond acceptors (Lipinski definition) is 7. The fraction of sp³-hybridized carbons (Fsp3) is 0.438. The summed E-state index contributed by atoms with van der Waals surface area (Å²) in [6.45, 7) is 3.86. The molecular formula is C16H17N5O2S. The maximum atomic E-state index is 5.99. The van der Waals surface area contributed by atoms with Crippen LogP contribution in [-0.2, 0) is 9.47 Å². The molecule has 2 fully saturated rings. The summed E-state index contributed by atoms with van der Waals surface area (Å²) in [5.74, 6) is 0. The third-order valence-corrected chi connectivity index (χ3v) is 5.56. The molecule has 24 heavy (non-hydrogen) atoms. The van der Waals surface area contributed by atoms with Gasteiger partial charge in [-0.3, -0.25) is 4.98 Å². The molecule has 1 spiro atoms. The van der Waals surface area contributed by atoms with Crippen molar-refractivity contribution in [3.8, 4) is 11.3 Å². The summed E-state index contributed by atoms with van der Waals surface area (Å²) >= 11 is 1.61. The minimum atomic E-state index is -0.160. The van der Waals surface area contributed by atoms with Crippen molar-refractivity contribution in [2.24, 2.45) is 0 Å². The Morgan fingerprint density at radius 2 is 2.29 bits per heavy atom. The van der Waals surface area contributed by atoms with Crippen LogP contribution < -0.4 is 4.90 Å². The van der Waals surface area contributed by atoms with Gasteiger partial charge in [0, 0.05) is 37.5 Å². The molecule has 5 heterocycles. The highest BCUT2D eigenvalue weighted by atomic mass is 32.1. The fourth-order valence-electron chi connectivity index (χ4n) is 3.31. The largest absolute Gasteiger partial charge is 0.378 e. The first-order valence-electron chi connectivity index (χ1n) is 8.05. The van der Waals surface area contributed by atoms with Gasteiger partial charge in [-0.25, -0.2) is 9.50 Å². The van der Waals surface area contributed by atoms with E-state index in [1.54, 1.807) is 17.5 Å². The topological polar surface area (TPSA) is 64.8 Å². The third-order valence-electron chi connectivity index (χ3n) is 4.58. The van der Waals surface area contributed by atoms with E-state index in [2.05, 4.69) is 14.9 Å². The molecule has 7 nitrogen and oxygen atoms in total. The molecule has 0 bridgehead atoms. The molecule has 0 saturated carbocycles. The number of aromatic nitrogens is 4. The molecule has 0 aromatic carbocycles. The Kier molecular flexibility index (Phi) is 3.29. The van der Waals surface area contributed by atoms with E-state index in [9.17, 15) is 0 Å². The SMILES string of the molecule is c1cncc(-c2cn3nc(N4CCOC5(CCOC5)C4)sc3n2)c1. The zero-order valence-electron chi connectivity index (χ0n) is 13.1. The molecular weight excluding hydrogens is 326 g/mol. The Labute approximate surface area is 142 Å². The van der Waals surface area contributed by atoms with Crippen LogP contribution in [0.4, 0.5) is 5.13 Å². The lowest BCUT2D eigenvalue weighted by molar-refractivity contribution is -0.0579. The van der Waals surface area contributed by atoms with Crippen LogP contribution >= 0.6 is 11.3 Å². The van der Waals surface area contributed by atoms with Crippen molar-refractivity contribution in [1.29, 1.82) is 0 Å². The van der Waals surface area contributed by atoms with Gasteiger partial charge >= 0.3 is 0 Å². The number of rotatable bonds is 2. The summed E-state index contributed by atoms with van der Waals surface area (Å²) in [6, 6.07) is 3.92. The average molecular weight is 343 g/mol. The Morgan fingerprint density at radius 3 is 3.08 bits per heavy atom. The third kappa shape index (κ3) is 2.38. The first-order valence-corrected chi connectivity index (χ1v) is 8.86.